The van der Waals surface area contributed by atoms with Crippen molar-refractivity contribution in [3.05, 3.63) is 24.5 Å². The first kappa shape index (κ1) is 28.3. The summed E-state index contributed by atoms with van der Waals surface area (Å²) in [4.78, 5) is 11.6. The summed E-state index contributed by atoms with van der Waals surface area (Å²) >= 11 is 0. The van der Waals surface area contributed by atoms with Crippen LogP contribution in [0.3, 0.4) is 0 Å². The van der Waals surface area contributed by atoms with Gasteiger partial charge < -0.3 is 9.84 Å². The second-order valence-electron chi connectivity index (χ2n) is 15.7. The largest absolute Gasteiger partial charge is 0.512 e. The number of ether oxygens (including phenoxy) is 1. The minimum Gasteiger partial charge on any atom is -0.512 e. The summed E-state index contributed by atoms with van der Waals surface area (Å²) in [6.45, 7) is 26.0. The van der Waals surface area contributed by atoms with Crippen LogP contribution >= 0.6 is 0 Å². The van der Waals surface area contributed by atoms with Gasteiger partial charge in [-0.15, -0.1) is 0 Å². The Morgan fingerprint density at radius 3 is 2.24 bits per heavy atom. The van der Waals surface area contributed by atoms with E-state index in [9.17, 15) is 9.90 Å². The zero-order chi connectivity index (χ0) is 27.9. The van der Waals surface area contributed by atoms with Crippen LogP contribution in [-0.4, -0.2) is 17.7 Å². The van der Waals surface area contributed by atoms with Crippen molar-refractivity contribution in [1.82, 2.24) is 0 Å². The van der Waals surface area contributed by atoms with Crippen molar-refractivity contribution in [1.29, 1.82) is 0 Å². The van der Waals surface area contributed by atoms with Gasteiger partial charge in [-0.25, -0.2) is 0 Å². The molecule has 0 aromatic heterocycles. The Kier molecular flexibility index (Phi) is 6.80. The maximum atomic E-state index is 11.6. The van der Waals surface area contributed by atoms with Crippen LogP contribution in [-0.2, 0) is 9.53 Å². The second kappa shape index (κ2) is 9.13. The molecule has 3 heteroatoms. The van der Waals surface area contributed by atoms with Crippen molar-refractivity contribution in [2.24, 2.45) is 62.6 Å². The topological polar surface area (TPSA) is 46.5 Å². The van der Waals surface area contributed by atoms with Gasteiger partial charge >= 0.3 is 5.97 Å². The molecule has 5 aliphatic carbocycles. The summed E-state index contributed by atoms with van der Waals surface area (Å²) in [6, 6.07) is 0. The number of esters is 1. The molecule has 1 unspecified atom stereocenters. The molecule has 0 aromatic carbocycles. The van der Waals surface area contributed by atoms with Crippen LogP contribution in [0.25, 0.3) is 0 Å². The fraction of sp³-hybridized carbons (Fsp3) is 0.857. The Bertz CT molecular complexity index is 999. The van der Waals surface area contributed by atoms with Crippen LogP contribution in [0.2, 0.25) is 0 Å². The Balaban J connectivity index is 1.52. The van der Waals surface area contributed by atoms with Crippen LogP contribution in [0.1, 0.15) is 119 Å². The van der Waals surface area contributed by atoms with Gasteiger partial charge in [0.2, 0.25) is 0 Å². The van der Waals surface area contributed by atoms with E-state index in [1.807, 2.05) is 0 Å². The molecule has 0 radical (unpaired) electrons. The highest BCUT2D eigenvalue weighted by molar-refractivity contribution is 5.66. The van der Waals surface area contributed by atoms with E-state index in [2.05, 4.69) is 54.7 Å². The predicted molar refractivity (Wildman–Crippen MR) is 155 cm³/mol. The van der Waals surface area contributed by atoms with Gasteiger partial charge in [-0.1, -0.05) is 61.1 Å². The van der Waals surface area contributed by atoms with E-state index in [1.54, 1.807) is 0 Å². The molecular formula is C35H56O3. The van der Waals surface area contributed by atoms with E-state index in [-0.39, 0.29) is 22.7 Å². The summed E-state index contributed by atoms with van der Waals surface area (Å²) in [5.41, 5.74) is 2.25. The van der Waals surface area contributed by atoms with Crippen LogP contribution in [0.5, 0.6) is 0 Å². The molecule has 0 amide bonds. The maximum Gasteiger partial charge on any atom is 0.302 e. The first-order valence-electron chi connectivity index (χ1n) is 15.9. The summed E-state index contributed by atoms with van der Waals surface area (Å²) in [5, 5.41) is 11.1. The molecule has 0 bridgehead atoms. The molecule has 0 aliphatic heterocycles. The van der Waals surface area contributed by atoms with Crippen molar-refractivity contribution in [3.63, 3.8) is 0 Å². The SMILES string of the molecule is C=C(COC(C)=O)[C@@H]1CC[C@]2(C(=C)O)CC[C@]3(C)C(CC[C@@H]4[C@@]5(C)CC[C@H](C)[C@@](C)(CC)[C@@H]5CC[C@]43C)[C@@H]12. The molecule has 0 spiro atoms. The molecule has 11 atom stereocenters. The lowest BCUT2D eigenvalue weighted by atomic mass is 9.31. The normalized spacial score (nSPS) is 51.7. The first-order valence-corrected chi connectivity index (χ1v) is 15.9. The standard InChI is InChI=1S/C35H56O3/c1-10-31(6)23(3)13-16-32(7)28(31)15-17-34(9)29(32)12-11-27-30-26(22(2)21-38-25(5)37)14-18-35(30,24(4)36)20-19-33(27,34)8/h23,26-30,36H,2,4,10-21H2,1,3,5-9H3/t23-,26-,27?,28-,29+,30+,31+,32-,33+,34+,35+/m0/s1. The van der Waals surface area contributed by atoms with Crippen molar-refractivity contribution >= 4 is 5.97 Å². The second-order valence-corrected chi connectivity index (χ2v) is 15.7. The Hall–Kier alpha value is -1.25. The monoisotopic (exact) mass is 524 g/mol. The number of aliphatic hydroxyl groups excluding tert-OH is 1. The minimum atomic E-state index is -0.241. The van der Waals surface area contributed by atoms with Gasteiger partial charge in [0.15, 0.2) is 0 Å². The number of fused-ring (bicyclic) bond motifs is 7. The van der Waals surface area contributed by atoms with Crippen molar-refractivity contribution in [3.8, 4) is 0 Å². The van der Waals surface area contributed by atoms with E-state index in [0.717, 1.165) is 42.6 Å². The van der Waals surface area contributed by atoms with Gasteiger partial charge in [0.1, 0.15) is 6.61 Å². The molecule has 0 saturated heterocycles. The lowest BCUT2D eigenvalue weighted by Gasteiger charge is -2.73. The lowest BCUT2D eigenvalue weighted by Crippen LogP contribution is -2.66. The Morgan fingerprint density at radius 1 is 0.895 bits per heavy atom. The third kappa shape index (κ3) is 3.54. The van der Waals surface area contributed by atoms with E-state index >= 15 is 0 Å². The van der Waals surface area contributed by atoms with Crippen molar-refractivity contribution in [2.75, 3.05) is 6.61 Å². The average Bonchev–Trinajstić information content (AvgIpc) is 3.26. The fourth-order valence-electron chi connectivity index (χ4n) is 12.4. The van der Waals surface area contributed by atoms with Gasteiger partial charge in [0.25, 0.3) is 0 Å². The molecule has 0 aromatic rings. The highest BCUT2D eigenvalue weighted by atomic mass is 16.5. The third-order valence-electron chi connectivity index (χ3n) is 15.1. The van der Waals surface area contributed by atoms with E-state index in [4.69, 9.17) is 4.74 Å². The molecule has 214 valence electrons. The number of carbonyl (C=O) groups excluding carboxylic acids is 1. The first-order chi connectivity index (χ1) is 17.7. The molecule has 5 saturated carbocycles. The number of hydrogen-bond donors (Lipinski definition) is 1. The summed E-state index contributed by atoms with van der Waals surface area (Å²) in [7, 11) is 0. The molecule has 5 fully saturated rings. The van der Waals surface area contributed by atoms with E-state index in [1.165, 1.54) is 58.3 Å². The lowest BCUT2D eigenvalue weighted by molar-refractivity contribution is -0.243. The van der Waals surface area contributed by atoms with Gasteiger partial charge in [-0.05, 0) is 127 Å². The van der Waals surface area contributed by atoms with Gasteiger partial charge in [-0.2, -0.15) is 0 Å². The Morgan fingerprint density at radius 2 is 1.61 bits per heavy atom. The fourth-order valence-corrected chi connectivity index (χ4v) is 12.4. The number of rotatable bonds is 5. The van der Waals surface area contributed by atoms with E-state index in [0.29, 0.717) is 40.4 Å². The van der Waals surface area contributed by atoms with Gasteiger partial charge in [0, 0.05) is 12.3 Å². The molecule has 1 N–H and O–H groups in total. The summed E-state index contributed by atoms with van der Waals surface area (Å²) < 4.78 is 5.44. The minimum absolute atomic E-state index is 0.209. The number of carbonyl (C=O) groups is 1. The van der Waals surface area contributed by atoms with Gasteiger partial charge in [0.05, 0.1) is 5.76 Å². The van der Waals surface area contributed by atoms with Gasteiger partial charge in [-0.3, -0.25) is 4.79 Å². The quantitative estimate of drug-likeness (QED) is 0.221. The van der Waals surface area contributed by atoms with Crippen molar-refractivity contribution < 1.29 is 14.6 Å². The number of aliphatic hydroxyl groups is 1. The third-order valence-corrected chi connectivity index (χ3v) is 15.1. The zero-order valence-electron chi connectivity index (χ0n) is 25.6. The van der Waals surface area contributed by atoms with Crippen LogP contribution in [0.15, 0.2) is 24.5 Å². The average molecular weight is 525 g/mol. The van der Waals surface area contributed by atoms with E-state index < -0.39 is 0 Å². The predicted octanol–water partition coefficient (Wildman–Crippen LogP) is 9.29. The number of allylic oxidation sites excluding steroid dienone is 1. The maximum absolute atomic E-state index is 11.6. The molecule has 5 rings (SSSR count). The van der Waals surface area contributed by atoms with Crippen LogP contribution in [0, 0.1) is 62.6 Å². The van der Waals surface area contributed by atoms with Crippen LogP contribution in [0.4, 0.5) is 0 Å². The molecule has 3 nitrogen and oxygen atoms in total. The zero-order valence-corrected chi connectivity index (χ0v) is 25.6. The van der Waals surface area contributed by atoms with Crippen LogP contribution < -0.4 is 0 Å². The smallest absolute Gasteiger partial charge is 0.302 e. The number of hydrogen-bond acceptors (Lipinski definition) is 3. The van der Waals surface area contributed by atoms with Crippen molar-refractivity contribution in [2.45, 2.75) is 119 Å². The molecule has 0 heterocycles. The molecule has 5 aliphatic rings. The Labute approximate surface area is 233 Å². The highest BCUT2D eigenvalue weighted by Gasteiger charge is 2.71. The molecule has 38 heavy (non-hydrogen) atoms. The molecular weight excluding hydrogens is 468 g/mol. The summed E-state index contributed by atoms with van der Waals surface area (Å²) in [6.07, 6.45) is 13.5. The highest BCUT2D eigenvalue weighted by Crippen LogP contribution is 2.78. The summed E-state index contributed by atoms with van der Waals surface area (Å²) in [5.74, 6) is 3.74.